The second-order valence-corrected chi connectivity index (χ2v) is 13.3. The molecule has 4 heterocycles. The summed E-state index contributed by atoms with van der Waals surface area (Å²) in [5.74, 6) is 0.432. The van der Waals surface area contributed by atoms with Crippen molar-refractivity contribution in [3.63, 3.8) is 0 Å². The molecule has 1 N–H and O–H groups in total. The van der Waals surface area contributed by atoms with Crippen LogP contribution in [0.1, 0.15) is 40.7 Å². The Morgan fingerprint density at radius 3 is 2.93 bits per heavy atom. The van der Waals surface area contributed by atoms with Crippen molar-refractivity contribution < 1.29 is 24.1 Å². The Morgan fingerprint density at radius 1 is 1.21 bits per heavy atom. The molecule has 1 saturated carbocycles. The van der Waals surface area contributed by atoms with E-state index in [4.69, 9.17) is 19.2 Å². The van der Waals surface area contributed by atoms with Gasteiger partial charge in [-0.3, -0.25) is 9.69 Å². The lowest BCUT2D eigenvalue weighted by atomic mass is 9.93. The second-order valence-electron chi connectivity index (χ2n) is 12.5. The van der Waals surface area contributed by atoms with Crippen LogP contribution >= 0.6 is 11.3 Å². The van der Waals surface area contributed by atoms with Gasteiger partial charge in [0.1, 0.15) is 12.4 Å². The van der Waals surface area contributed by atoms with E-state index in [1.807, 2.05) is 0 Å². The van der Waals surface area contributed by atoms with Crippen LogP contribution < -0.4 is 9.64 Å². The summed E-state index contributed by atoms with van der Waals surface area (Å²) in [6, 6.07) is 10.9. The average Bonchev–Trinajstić information content (AvgIpc) is 3.55. The summed E-state index contributed by atoms with van der Waals surface area (Å²) in [5.41, 5.74) is 7.94. The molecule has 3 atom stereocenters. The van der Waals surface area contributed by atoms with E-state index in [0.29, 0.717) is 32.8 Å². The molecule has 0 spiro atoms. The number of piperidine rings is 1. The molecule has 0 radical (unpaired) electrons. The first kappa shape index (κ1) is 27.8. The molecule has 2 aromatic carbocycles. The number of hydrogen-bond donors (Lipinski definition) is 1. The Balaban J connectivity index is 1.03. The lowest BCUT2D eigenvalue weighted by molar-refractivity contribution is -0.144. The molecular weight excluding hydrogens is 550 g/mol. The molecule has 1 aliphatic carbocycles. The molecule has 8 nitrogen and oxygen atoms in total. The van der Waals surface area contributed by atoms with Crippen molar-refractivity contribution in [3.05, 3.63) is 63.5 Å². The van der Waals surface area contributed by atoms with E-state index in [0.717, 1.165) is 73.3 Å². The van der Waals surface area contributed by atoms with E-state index in [2.05, 4.69) is 59.4 Å². The SMILES string of the molecule is Cc1ccc(OCc2cc(C)c3c(c2)CCN(CC2COCCO2)C3)c(-c2csc(N3CC[C@@]4(C(=O)O)C[C@H]4C3)n2)c1. The average molecular weight is 590 g/mol. The number of anilines is 1. The summed E-state index contributed by atoms with van der Waals surface area (Å²) in [4.78, 5) is 21.4. The van der Waals surface area contributed by atoms with Gasteiger partial charge in [-0.2, -0.15) is 0 Å². The maximum atomic E-state index is 11.7. The summed E-state index contributed by atoms with van der Waals surface area (Å²) in [6.45, 7) is 11.3. The largest absolute Gasteiger partial charge is 0.488 e. The predicted molar refractivity (Wildman–Crippen MR) is 162 cm³/mol. The number of aliphatic carboxylic acids is 1. The summed E-state index contributed by atoms with van der Waals surface area (Å²) >= 11 is 1.63. The van der Waals surface area contributed by atoms with Crippen LogP contribution in [-0.2, 0) is 33.8 Å². The molecule has 2 saturated heterocycles. The highest BCUT2D eigenvalue weighted by atomic mass is 32.1. The van der Waals surface area contributed by atoms with Gasteiger partial charge < -0.3 is 24.2 Å². The summed E-state index contributed by atoms with van der Waals surface area (Å²) in [6.07, 6.45) is 2.68. The van der Waals surface area contributed by atoms with Gasteiger partial charge in [-0.25, -0.2) is 4.98 Å². The smallest absolute Gasteiger partial charge is 0.310 e. The number of aryl methyl sites for hydroxylation is 2. The zero-order chi connectivity index (χ0) is 28.8. The standard InChI is InChI=1S/C33H39N3O5S/c1-21-3-4-30(27(11-21)29-20-42-32(34-29)36-8-6-33(31(37)38)14-25(33)15-36)41-18-23-12-22(2)28-17-35(7-5-24(28)13-23)16-26-19-39-9-10-40-26/h3-4,11-13,20,25-26H,5-10,14-19H2,1-2H3,(H,37,38)/t25-,26?,33+/m0/s1. The maximum Gasteiger partial charge on any atom is 0.310 e. The van der Waals surface area contributed by atoms with Crippen LogP contribution in [0, 0.1) is 25.2 Å². The van der Waals surface area contributed by atoms with Crippen molar-refractivity contribution >= 4 is 22.4 Å². The fourth-order valence-corrected chi connectivity index (χ4v) is 7.86. The van der Waals surface area contributed by atoms with Gasteiger partial charge in [-0.15, -0.1) is 11.3 Å². The summed E-state index contributed by atoms with van der Waals surface area (Å²) in [5, 5.41) is 12.7. The molecule has 3 aromatic rings. The minimum atomic E-state index is -0.634. The highest BCUT2D eigenvalue weighted by molar-refractivity contribution is 7.14. The fourth-order valence-electron chi connectivity index (χ4n) is 7.00. The van der Waals surface area contributed by atoms with Crippen LogP contribution in [0.25, 0.3) is 11.3 Å². The first-order valence-electron chi connectivity index (χ1n) is 15.1. The molecule has 7 rings (SSSR count). The number of carboxylic acid groups (broad SMARTS) is 1. The molecule has 3 aliphatic heterocycles. The van der Waals surface area contributed by atoms with E-state index < -0.39 is 11.4 Å². The second kappa shape index (κ2) is 11.3. The van der Waals surface area contributed by atoms with Crippen LogP contribution in [0.2, 0.25) is 0 Å². The van der Waals surface area contributed by atoms with Crippen LogP contribution in [0.3, 0.4) is 0 Å². The summed E-state index contributed by atoms with van der Waals surface area (Å²) in [7, 11) is 0. The van der Waals surface area contributed by atoms with E-state index in [-0.39, 0.29) is 12.0 Å². The van der Waals surface area contributed by atoms with E-state index >= 15 is 0 Å². The number of carbonyl (C=O) groups is 1. The number of fused-ring (bicyclic) bond motifs is 2. The predicted octanol–water partition coefficient (Wildman–Crippen LogP) is 5.08. The number of nitrogens with zero attached hydrogens (tertiary/aromatic N) is 3. The van der Waals surface area contributed by atoms with Crippen molar-refractivity contribution in [1.82, 2.24) is 9.88 Å². The number of hydrogen-bond acceptors (Lipinski definition) is 8. The highest BCUT2D eigenvalue weighted by Gasteiger charge is 2.62. The monoisotopic (exact) mass is 589 g/mol. The molecule has 0 bridgehead atoms. The number of ether oxygens (including phenoxy) is 3. The first-order chi connectivity index (χ1) is 20.4. The minimum absolute atomic E-state index is 0.167. The van der Waals surface area contributed by atoms with Crippen LogP contribution in [0.15, 0.2) is 35.7 Å². The third-order valence-electron chi connectivity index (χ3n) is 9.55. The van der Waals surface area contributed by atoms with Gasteiger partial charge in [-0.05, 0) is 73.4 Å². The topological polar surface area (TPSA) is 84.4 Å². The van der Waals surface area contributed by atoms with Gasteiger partial charge in [0, 0.05) is 43.7 Å². The quantitative estimate of drug-likeness (QED) is 0.390. The van der Waals surface area contributed by atoms with Crippen molar-refractivity contribution in [2.45, 2.75) is 52.4 Å². The molecule has 9 heteroatoms. The summed E-state index contributed by atoms with van der Waals surface area (Å²) < 4.78 is 17.9. The minimum Gasteiger partial charge on any atom is -0.488 e. The number of carboxylic acids is 1. The third-order valence-corrected chi connectivity index (χ3v) is 10.4. The van der Waals surface area contributed by atoms with Gasteiger partial charge in [-0.1, -0.05) is 23.8 Å². The van der Waals surface area contributed by atoms with Gasteiger partial charge >= 0.3 is 5.97 Å². The lowest BCUT2D eigenvalue weighted by Crippen LogP contribution is -2.42. The molecular formula is C33H39N3O5S. The molecule has 1 unspecified atom stereocenters. The van der Waals surface area contributed by atoms with Crippen molar-refractivity contribution in [1.29, 1.82) is 0 Å². The van der Waals surface area contributed by atoms with Crippen molar-refractivity contribution in [2.75, 3.05) is 50.9 Å². The Morgan fingerprint density at radius 2 is 2.12 bits per heavy atom. The zero-order valence-corrected chi connectivity index (χ0v) is 25.3. The number of benzene rings is 2. The Kier molecular flexibility index (Phi) is 7.46. The van der Waals surface area contributed by atoms with Gasteiger partial charge in [0.05, 0.1) is 37.0 Å². The van der Waals surface area contributed by atoms with Crippen LogP contribution in [-0.4, -0.2) is 73.1 Å². The van der Waals surface area contributed by atoms with Crippen LogP contribution in [0.4, 0.5) is 5.13 Å². The van der Waals surface area contributed by atoms with E-state index in [1.165, 1.54) is 22.3 Å². The maximum absolute atomic E-state index is 11.7. The van der Waals surface area contributed by atoms with Crippen molar-refractivity contribution in [3.8, 4) is 17.0 Å². The molecule has 42 heavy (non-hydrogen) atoms. The van der Waals surface area contributed by atoms with Gasteiger partial charge in [0.15, 0.2) is 5.13 Å². The Bertz CT molecular complexity index is 1480. The number of rotatable bonds is 8. The van der Waals surface area contributed by atoms with Crippen molar-refractivity contribution in [2.24, 2.45) is 11.3 Å². The molecule has 1 aromatic heterocycles. The zero-order valence-electron chi connectivity index (χ0n) is 24.4. The molecule has 0 amide bonds. The molecule has 222 valence electrons. The number of thiazole rings is 1. The third kappa shape index (κ3) is 5.43. The lowest BCUT2D eigenvalue weighted by Gasteiger charge is -2.34. The normalized spacial score (nSPS) is 25.5. The highest BCUT2D eigenvalue weighted by Crippen LogP contribution is 2.58. The van der Waals surface area contributed by atoms with Gasteiger partial charge in [0.25, 0.3) is 0 Å². The molecule has 3 fully saturated rings. The van der Waals surface area contributed by atoms with E-state index in [1.54, 1.807) is 11.3 Å². The number of aromatic nitrogens is 1. The fraction of sp³-hybridized carbons (Fsp3) is 0.515. The first-order valence-corrected chi connectivity index (χ1v) is 16.0. The Hall–Kier alpha value is -2.98. The molecule has 4 aliphatic rings. The van der Waals surface area contributed by atoms with Crippen LogP contribution in [0.5, 0.6) is 5.75 Å². The van der Waals surface area contributed by atoms with E-state index in [9.17, 15) is 9.90 Å². The van der Waals surface area contributed by atoms with Gasteiger partial charge in [0.2, 0.25) is 0 Å². The Labute approximate surface area is 251 Å².